The van der Waals surface area contributed by atoms with Crippen LogP contribution in [0.4, 0.5) is 33.2 Å². The Morgan fingerprint density at radius 3 is 2.46 bits per heavy atom. The van der Waals surface area contributed by atoms with Crippen LogP contribution in [0.25, 0.3) is 0 Å². The fraction of sp³-hybridized carbons (Fsp3) is 0.0800. The average Bonchev–Trinajstić information content (AvgIpc) is 2.84. The zero-order valence-corrected chi connectivity index (χ0v) is 18.7. The Hall–Kier alpha value is -4.70. The van der Waals surface area contributed by atoms with Gasteiger partial charge in [-0.15, -0.1) is 0 Å². The third kappa shape index (κ3) is 5.12. The van der Waals surface area contributed by atoms with Crippen molar-refractivity contribution in [2.75, 3.05) is 21.8 Å². The fourth-order valence-electron chi connectivity index (χ4n) is 3.70. The Balaban J connectivity index is 0.00000160. The number of nitrogens with zero attached hydrogens (tertiary/aromatic N) is 2. The van der Waals surface area contributed by atoms with Gasteiger partial charge in [0.1, 0.15) is 11.6 Å². The topological polar surface area (TPSA) is 149 Å². The summed E-state index contributed by atoms with van der Waals surface area (Å²) in [5, 5.41) is 5.96. The molecule has 1 atom stereocenters. The van der Waals surface area contributed by atoms with Crippen molar-refractivity contribution in [3.8, 4) is 5.88 Å². The number of para-hydroxylation sites is 3. The van der Waals surface area contributed by atoms with E-state index in [9.17, 15) is 9.18 Å². The Bertz CT molecular complexity index is 1340. The number of carbonyl (C=O) groups is 1. The summed E-state index contributed by atoms with van der Waals surface area (Å²) >= 11 is 0. The lowest BCUT2D eigenvalue weighted by molar-refractivity contribution is -0.117. The number of rotatable bonds is 6. The molecular formula is C25H28FN7O2. The molecule has 1 amide bonds. The van der Waals surface area contributed by atoms with Gasteiger partial charge in [-0.2, -0.15) is 9.97 Å². The third-order valence-electron chi connectivity index (χ3n) is 5.46. The van der Waals surface area contributed by atoms with E-state index in [2.05, 4.69) is 26.1 Å². The molecule has 2 heterocycles. The number of carbonyl (C=O) groups excluding carboxylic acids is 1. The largest absolute Gasteiger partial charge is 0.397 e. The standard InChI is InChI=1S/C25H21FN6O2.H3N.2H2/c26-16-12-10-15(11-13-16)18-14-19-22(29-23(18)33)30-25(28-17-6-2-1-3-7-17)31-24(19)34-32-21-9-5-4-8-20(21)27;;;/h1-13,18,32H,14,27H2,(H2,28,29,30,31,33);1H3;2*1H. The van der Waals surface area contributed by atoms with E-state index in [1.807, 2.05) is 42.5 Å². The Morgan fingerprint density at radius 1 is 1.00 bits per heavy atom. The van der Waals surface area contributed by atoms with Crippen LogP contribution in [0.3, 0.4) is 0 Å². The molecule has 10 heteroatoms. The minimum absolute atomic E-state index is 0. The molecule has 4 aromatic rings. The van der Waals surface area contributed by atoms with Crippen LogP contribution in [-0.4, -0.2) is 15.9 Å². The molecule has 0 aliphatic carbocycles. The highest BCUT2D eigenvalue weighted by Crippen LogP contribution is 2.36. The van der Waals surface area contributed by atoms with Crippen molar-refractivity contribution < 1.29 is 16.9 Å². The van der Waals surface area contributed by atoms with Crippen LogP contribution < -0.4 is 32.8 Å². The van der Waals surface area contributed by atoms with Crippen LogP contribution in [0, 0.1) is 5.82 Å². The summed E-state index contributed by atoms with van der Waals surface area (Å²) in [5.74, 6) is -0.325. The van der Waals surface area contributed by atoms with Crippen LogP contribution in [0.2, 0.25) is 0 Å². The van der Waals surface area contributed by atoms with Gasteiger partial charge in [0.25, 0.3) is 5.88 Å². The number of nitrogens with one attached hydrogen (secondary N) is 3. The van der Waals surface area contributed by atoms with E-state index in [4.69, 9.17) is 10.6 Å². The maximum absolute atomic E-state index is 13.4. The molecule has 1 unspecified atom stereocenters. The van der Waals surface area contributed by atoms with Crippen molar-refractivity contribution in [2.45, 2.75) is 12.3 Å². The van der Waals surface area contributed by atoms with Crippen LogP contribution in [0.1, 0.15) is 19.9 Å². The summed E-state index contributed by atoms with van der Waals surface area (Å²) in [6, 6.07) is 22.4. The van der Waals surface area contributed by atoms with Gasteiger partial charge in [0.2, 0.25) is 11.9 Å². The monoisotopic (exact) mass is 477 g/mol. The lowest BCUT2D eigenvalue weighted by Crippen LogP contribution is -2.30. The van der Waals surface area contributed by atoms with Gasteiger partial charge in [-0.3, -0.25) is 4.79 Å². The number of hydrogen-bond acceptors (Lipinski definition) is 8. The number of halogens is 1. The number of fused-ring (bicyclic) bond motifs is 1. The molecule has 9 nitrogen and oxygen atoms in total. The fourth-order valence-corrected chi connectivity index (χ4v) is 3.70. The van der Waals surface area contributed by atoms with E-state index in [0.29, 0.717) is 28.3 Å². The molecule has 0 saturated carbocycles. The van der Waals surface area contributed by atoms with Gasteiger partial charge in [-0.05, 0) is 48.4 Å². The molecule has 5 rings (SSSR count). The second-order valence-corrected chi connectivity index (χ2v) is 7.76. The lowest BCUT2D eigenvalue weighted by atomic mass is 9.89. The molecule has 35 heavy (non-hydrogen) atoms. The molecular weight excluding hydrogens is 449 g/mol. The minimum atomic E-state index is -0.547. The van der Waals surface area contributed by atoms with E-state index >= 15 is 0 Å². The SMILES string of the molecule is N.Nc1ccccc1NOc1nc(Nc2ccccc2)nc2c1CC(c1ccc(F)cc1)C(=O)N2.[HH].[HH]. The van der Waals surface area contributed by atoms with Crippen LogP contribution in [0.15, 0.2) is 78.9 Å². The van der Waals surface area contributed by atoms with Crippen LogP contribution in [0.5, 0.6) is 5.88 Å². The summed E-state index contributed by atoms with van der Waals surface area (Å²) < 4.78 is 13.4. The van der Waals surface area contributed by atoms with Gasteiger partial charge in [-0.1, -0.05) is 42.5 Å². The van der Waals surface area contributed by atoms with Gasteiger partial charge < -0.3 is 27.4 Å². The Morgan fingerprint density at radius 2 is 1.71 bits per heavy atom. The number of anilines is 5. The van der Waals surface area contributed by atoms with Crippen molar-refractivity contribution >= 4 is 34.7 Å². The van der Waals surface area contributed by atoms with E-state index in [1.54, 1.807) is 24.3 Å². The minimum Gasteiger partial charge on any atom is -0.397 e. The first-order valence-corrected chi connectivity index (χ1v) is 10.6. The van der Waals surface area contributed by atoms with Crippen molar-refractivity contribution in [1.29, 1.82) is 0 Å². The van der Waals surface area contributed by atoms with Crippen molar-refractivity contribution in [3.05, 3.63) is 95.8 Å². The smallest absolute Gasteiger partial charge is 0.256 e. The zero-order chi connectivity index (χ0) is 23.5. The molecule has 1 aliphatic rings. The molecule has 0 radical (unpaired) electrons. The van der Waals surface area contributed by atoms with Gasteiger partial charge in [0, 0.05) is 8.54 Å². The Kier molecular flexibility index (Phi) is 6.74. The number of aromatic nitrogens is 2. The number of hydrogen-bond donors (Lipinski definition) is 5. The quantitative estimate of drug-likeness (QED) is 0.186. The van der Waals surface area contributed by atoms with Crippen molar-refractivity contribution in [1.82, 2.24) is 16.1 Å². The normalized spacial score (nSPS) is 14.2. The highest BCUT2D eigenvalue weighted by atomic mass is 19.1. The molecule has 0 bridgehead atoms. The average molecular weight is 478 g/mol. The second-order valence-electron chi connectivity index (χ2n) is 7.76. The zero-order valence-electron chi connectivity index (χ0n) is 18.7. The van der Waals surface area contributed by atoms with E-state index in [0.717, 1.165) is 5.69 Å². The van der Waals surface area contributed by atoms with Crippen molar-refractivity contribution in [2.24, 2.45) is 0 Å². The summed E-state index contributed by atoms with van der Waals surface area (Å²) in [7, 11) is 0. The third-order valence-corrected chi connectivity index (χ3v) is 5.46. The molecule has 0 fully saturated rings. The van der Waals surface area contributed by atoms with Gasteiger partial charge in [0.15, 0.2) is 0 Å². The summed E-state index contributed by atoms with van der Waals surface area (Å²) in [6.07, 6.45) is 0.277. The summed E-state index contributed by atoms with van der Waals surface area (Å²) in [6.45, 7) is 0. The predicted octanol–water partition coefficient (Wildman–Crippen LogP) is 5.28. The molecule has 3 aromatic carbocycles. The summed E-state index contributed by atoms with van der Waals surface area (Å²) in [4.78, 5) is 27.8. The first-order chi connectivity index (χ1) is 16.6. The molecule has 0 saturated heterocycles. The maximum atomic E-state index is 13.4. The second kappa shape index (κ2) is 10.1. The van der Waals surface area contributed by atoms with Crippen LogP contribution in [-0.2, 0) is 11.2 Å². The molecule has 8 N–H and O–H groups in total. The maximum Gasteiger partial charge on any atom is 0.256 e. The number of benzene rings is 3. The molecule has 1 aromatic heterocycles. The lowest BCUT2D eigenvalue weighted by Gasteiger charge is -2.26. The number of amides is 1. The highest BCUT2D eigenvalue weighted by molar-refractivity contribution is 5.98. The predicted molar refractivity (Wildman–Crippen MR) is 138 cm³/mol. The highest BCUT2D eigenvalue weighted by Gasteiger charge is 2.32. The van der Waals surface area contributed by atoms with E-state index < -0.39 is 5.92 Å². The van der Waals surface area contributed by atoms with Crippen molar-refractivity contribution in [3.63, 3.8) is 0 Å². The van der Waals surface area contributed by atoms with E-state index in [1.165, 1.54) is 12.1 Å². The molecule has 0 spiro atoms. The number of nitrogen functional groups attached to an aromatic ring is 1. The number of nitrogens with two attached hydrogens (primary N) is 1. The first kappa shape index (κ1) is 23.5. The van der Waals surface area contributed by atoms with Gasteiger partial charge in [0.05, 0.1) is 22.9 Å². The molecule has 182 valence electrons. The first-order valence-electron chi connectivity index (χ1n) is 10.6. The van der Waals surface area contributed by atoms with Gasteiger partial charge >= 0.3 is 0 Å². The van der Waals surface area contributed by atoms with Gasteiger partial charge in [-0.25, -0.2) is 9.87 Å². The van der Waals surface area contributed by atoms with E-state index in [-0.39, 0.29) is 39.0 Å². The Labute approximate surface area is 204 Å². The molecule has 1 aliphatic heterocycles. The van der Waals surface area contributed by atoms with Crippen LogP contribution >= 0.6 is 0 Å². The summed E-state index contributed by atoms with van der Waals surface area (Å²) in [5.41, 5.74) is 12.0.